The van der Waals surface area contributed by atoms with Gasteiger partial charge >= 0.3 is 0 Å². The maximum atomic E-state index is 6.16. The lowest BCUT2D eigenvalue weighted by molar-refractivity contribution is 0.0647. The van der Waals surface area contributed by atoms with Gasteiger partial charge in [-0.25, -0.2) is 0 Å². The smallest absolute Gasteiger partial charge is 0.0673 e. The van der Waals surface area contributed by atoms with Crippen molar-refractivity contribution in [2.24, 2.45) is 5.73 Å². The average Bonchev–Trinajstić information content (AvgIpc) is 2.29. The number of hydrogen-bond donors (Lipinski definition) is 1. The minimum Gasteiger partial charge on any atom is -0.377 e. The van der Waals surface area contributed by atoms with E-state index in [2.05, 4.69) is 25.7 Å². The van der Waals surface area contributed by atoms with Gasteiger partial charge in [0, 0.05) is 31.8 Å². The molecule has 0 aliphatic carbocycles. The standard InChI is InChI=1S/C11H24N2O/c1-4-11(3,12)9-13-6-5-7-14-10(2)8-13/h10H,4-9,12H2,1-3H3. The Labute approximate surface area is 87.6 Å². The molecule has 0 aromatic heterocycles. The van der Waals surface area contributed by atoms with E-state index in [0.29, 0.717) is 6.10 Å². The van der Waals surface area contributed by atoms with E-state index in [1.807, 2.05) is 0 Å². The summed E-state index contributed by atoms with van der Waals surface area (Å²) in [5.74, 6) is 0. The first-order valence-electron chi connectivity index (χ1n) is 5.66. The molecule has 1 aliphatic rings. The quantitative estimate of drug-likeness (QED) is 0.744. The molecule has 0 aromatic rings. The second kappa shape index (κ2) is 5.10. The van der Waals surface area contributed by atoms with Crippen molar-refractivity contribution in [1.29, 1.82) is 0 Å². The number of nitrogens with two attached hydrogens (primary N) is 1. The van der Waals surface area contributed by atoms with Crippen LogP contribution in [0.5, 0.6) is 0 Å². The Hall–Kier alpha value is -0.120. The van der Waals surface area contributed by atoms with Crippen molar-refractivity contribution in [3.8, 4) is 0 Å². The zero-order valence-electron chi connectivity index (χ0n) is 9.75. The monoisotopic (exact) mass is 200 g/mol. The van der Waals surface area contributed by atoms with Crippen molar-refractivity contribution in [1.82, 2.24) is 4.90 Å². The van der Waals surface area contributed by atoms with Gasteiger partial charge in [-0.3, -0.25) is 4.90 Å². The van der Waals surface area contributed by atoms with E-state index in [1.54, 1.807) is 0 Å². The summed E-state index contributed by atoms with van der Waals surface area (Å²) in [5.41, 5.74) is 6.11. The third-order valence-electron chi connectivity index (χ3n) is 2.93. The van der Waals surface area contributed by atoms with Crippen LogP contribution in [0.4, 0.5) is 0 Å². The van der Waals surface area contributed by atoms with Gasteiger partial charge in [0.1, 0.15) is 0 Å². The molecular weight excluding hydrogens is 176 g/mol. The Kier molecular flexibility index (Phi) is 4.35. The van der Waals surface area contributed by atoms with E-state index in [1.165, 1.54) is 0 Å². The third kappa shape index (κ3) is 3.95. The molecule has 0 amide bonds. The third-order valence-corrected chi connectivity index (χ3v) is 2.93. The van der Waals surface area contributed by atoms with Crippen LogP contribution in [-0.4, -0.2) is 42.8 Å². The Bertz CT molecular complexity index is 171. The van der Waals surface area contributed by atoms with E-state index in [-0.39, 0.29) is 5.54 Å². The van der Waals surface area contributed by atoms with E-state index < -0.39 is 0 Å². The Morgan fingerprint density at radius 3 is 2.93 bits per heavy atom. The molecule has 0 saturated carbocycles. The topological polar surface area (TPSA) is 38.5 Å². The highest BCUT2D eigenvalue weighted by atomic mass is 16.5. The molecule has 1 heterocycles. The van der Waals surface area contributed by atoms with Gasteiger partial charge in [-0.1, -0.05) is 6.92 Å². The zero-order valence-corrected chi connectivity index (χ0v) is 9.75. The Balaban J connectivity index is 2.42. The molecular formula is C11H24N2O. The van der Waals surface area contributed by atoms with Crippen LogP contribution in [-0.2, 0) is 4.74 Å². The summed E-state index contributed by atoms with van der Waals surface area (Å²) < 4.78 is 5.60. The summed E-state index contributed by atoms with van der Waals surface area (Å²) in [6.45, 7) is 10.4. The van der Waals surface area contributed by atoms with Gasteiger partial charge in [-0.2, -0.15) is 0 Å². The highest BCUT2D eigenvalue weighted by Crippen LogP contribution is 2.11. The molecule has 2 atom stereocenters. The van der Waals surface area contributed by atoms with Crippen LogP contribution in [0.2, 0.25) is 0 Å². The molecule has 1 fully saturated rings. The second-order valence-electron chi connectivity index (χ2n) is 4.78. The van der Waals surface area contributed by atoms with Crippen molar-refractivity contribution >= 4 is 0 Å². The molecule has 0 aromatic carbocycles. The number of rotatable bonds is 3. The maximum Gasteiger partial charge on any atom is 0.0673 e. The molecule has 2 N–H and O–H groups in total. The van der Waals surface area contributed by atoms with E-state index in [9.17, 15) is 0 Å². The largest absolute Gasteiger partial charge is 0.377 e. The average molecular weight is 200 g/mol. The molecule has 1 aliphatic heterocycles. The second-order valence-corrected chi connectivity index (χ2v) is 4.78. The van der Waals surface area contributed by atoms with Gasteiger partial charge in [0.25, 0.3) is 0 Å². The fourth-order valence-corrected chi connectivity index (χ4v) is 1.85. The van der Waals surface area contributed by atoms with Gasteiger partial charge in [0.2, 0.25) is 0 Å². The lowest BCUT2D eigenvalue weighted by atomic mass is 9.99. The van der Waals surface area contributed by atoms with Crippen molar-refractivity contribution in [3.05, 3.63) is 0 Å². The fourth-order valence-electron chi connectivity index (χ4n) is 1.85. The van der Waals surface area contributed by atoms with E-state index >= 15 is 0 Å². The minimum absolute atomic E-state index is 0.0515. The lowest BCUT2D eigenvalue weighted by Crippen LogP contribution is -2.48. The minimum atomic E-state index is -0.0515. The predicted octanol–water partition coefficient (Wildman–Crippen LogP) is 1.22. The van der Waals surface area contributed by atoms with Crippen molar-refractivity contribution < 1.29 is 4.74 Å². The van der Waals surface area contributed by atoms with Crippen LogP contribution in [0.25, 0.3) is 0 Å². The van der Waals surface area contributed by atoms with Crippen LogP contribution in [0.15, 0.2) is 0 Å². The Morgan fingerprint density at radius 1 is 1.57 bits per heavy atom. The normalized spacial score (nSPS) is 29.6. The van der Waals surface area contributed by atoms with E-state index in [0.717, 1.165) is 39.1 Å². The molecule has 14 heavy (non-hydrogen) atoms. The molecule has 3 heteroatoms. The highest BCUT2D eigenvalue weighted by Gasteiger charge is 2.22. The molecule has 0 spiro atoms. The summed E-state index contributed by atoms with van der Waals surface area (Å²) in [6.07, 6.45) is 2.51. The van der Waals surface area contributed by atoms with Crippen molar-refractivity contribution in [2.75, 3.05) is 26.2 Å². The maximum absolute atomic E-state index is 6.16. The summed E-state index contributed by atoms with van der Waals surface area (Å²) in [7, 11) is 0. The number of hydrogen-bond acceptors (Lipinski definition) is 3. The first kappa shape index (κ1) is 12.0. The molecule has 1 saturated heterocycles. The molecule has 0 bridgehead atoms. The molecule has 3 nitrogen and oxygen atoms in total. The summed E-state index contributed by atoms with van der Waals surface area (Å²) in [5, 5.41) is 0. The van der Waals surface area contributed by atoms with Gasteiger partial charge in [-0.05, 0) is 26.7 Å². The zero-order chi connectivity index (χ0) is 10.6. The fraction of sp³-hybridized carbons (Fsp3) is 1.00. The molecule has 2 unspecified atom stereocenters. The van der Waals surface area contributed by atoms with Gasteiger partial charge in [0.05, 0.1) is 6.10 Å². The summed E-state index contributed by atoms with van der Waals surface area (Å²) >= 11 is 0. The highest BCUT2D eigenvalue weighted by molar-refractivity contribution is 4.82. The predicted molar refractivity (Wildman–Crippen MR) is 59.4 cm³/mol. The molecule has 84 valence electrons. The lowest BCUT2D eigenvalue weighted by Gasteiger charge is -2.31. The number of ether oxygens (including phenoxy) is 1. The van der Waals surface area contributed by atoms with Gasteiger partial charge < -0.3 is 10.5 Å². The number of nitrogens with zero attached hydrogens (tertiary/aromatic N) is 1. The first-order chi connectivity index (χ1) is 6.53. The van der Waals surface area contributed by atoms with E-state index in [4.69, 9.17) is 10.5 Å². The van der Waals surface area contributed by atoms with Gasteiger partial charge in [-0.15, -0.1) is 0 Å². The van der Waals surface area contributed by atoms with Crippen LogP contribution >= 0.6 is 0 Å². The van der Waals surface area contributed by atoms with Crippen LogP contribution in [0.3, 0.4) is 0 Å². The van der Waals surface area contributed by atoms with Gasteiger partial charge in [0.15, 0.2) is 0 Å². The molecule has 1 rings (SSSR count). The van der Waals surface area contributed by atoms with Crippen molar-refractivity contribution in [3.63, 3.8) is 0 Å². The van der Waals surface area contributed by atoms with Crippen LogP contribution in [0.1, 0.15) is 33.6 Å². The Morgan fingerprint density at radius 2 is 2.29 bits per heavy atom. The SMILES string of the molecule is CCC(C)(N)CN1CCCOC(C)C1. The first-order valence-corrected chi connectivity index (χ1v) is 5.66. The molecule has 0 radical (unpaired) electrons. The van der Waals surface area contributed by atoms with Crippen LogP contribution in [0, 0.1) is 0 Å². The summed E-state index contributed by atoms with van der Waals surface area (Å²) in [6, 6.07) is 0. The van der Waals surface area contributed by atoms with Crippen molar-refractivity contribution in [2.45, 2.75) is 45.3 Å². The summed E-state index contributed by atoms with van der Waals surface area (Å²) in [4.78, 5) is 2.43. The van der Waals surface area contributed by atoms with Crippen LogP contribution < -0.4 is 5.73 Å².